The second-order valence-corrected chi connectivity index (χ2v) is 6.38. The first kappa shape index (κ1) is 12.4. The summed E-state index contributed by atoms with van der Waals surface area (Å²) in [5.41, 5.74) is 2.08. The zero-order valence-electron chi connectivity index (χ0n) is 10.5. The van der Waals surface area contributed by atoms with Crippen LogP contribution in [0.5, 0.6) is 0 Å². The molecule has 1 aromatic carbocycles. The van der Waals surface area contributed by atoms with Crippen LogP contribution in [0.1, 0.15) is 24.8 Å². The number of aryl methyl sites for hydroxylation is 1. The molecular weight excluding hydrogens is 264 g/mol. The second-order valence-electron chi connectivity index (χ2n) is 4.98. The topological polar surface area (TPSA) is 15.6 Å². The van der Waals surface area contributed by atoms with Crippen LogP contribution in [0.2, 0.25) is 5.02 Å². The Morgan fingerprint density at radius 3 is 3.11 bits per heavy atom. The lowest BCUT2D eigenvalue weighted by Crippen LogP contribution is -2.37. The molecule has 1 aromatic rings. The molecule has 3 rings (SSSR count). The third-order valence-electron chi connectivity index (χ3n) is 3.66. The van der Waals surface area contributed by atoms with Gasteiger partial charge in [-0.05, 0) is 43.9 Å². The predicted octanol–water partition coefficient (Wildman–Crippen LogP) is 4.24. The summed E-state index contributed by atoms with van der Waals surface area (Å²) in [6.07, 6.45) is 3.98. The molecule has 4 heteroatoms. The minimum Gasteiger partial charge on any atom is -0.347 e. The van der Waals surface area contributed by atoms with E-state index in [1.54, 1.807) is 0 Å². The third kappa shape index (κ3) is 2.39. The molecule has 0 radical (unpaired) electrons. The van der Waals surface area contributed by atoms with Gasteiger partial charge in [-0.25, -0.2) is 4.99 Å². The smallest absolute Gasteiger partial charge is 0.164 e. The fraction of sp³-hybridized carbons (Fsp3) is 0.500. The highest BCUT2D eigenvalue weighted by molar-refractivity contribution is 8.14. The Morgan fingerprint density at radius 2 is 2.28 bits per heavy atom. The number of aliphatic imine (C=N–C) groups is 1. The first-order valence-corrected chi connectivity index (χ1v) is 7.85. The van der Waals surface area contributed by atoms with Crippen molar-refractivity contribution in [3.63, 3.8) is 0 Å². The molecule has 2 fully saturated rings. The first-order chi connectivity index (χ1) is 8.74. The molecule has 96 valence electrons. The molecule has 1 atom stereocenters. The summed E-state index contributed by atoms with van der Waals surface area (Å²) in [5, 5.41) is 1.98. The van der Waals surface area contributed by atoms with Crippen molar-refractivity contribution >= 4 is 34.2 Å². The van der Waals surface area contributed by atoms with Gasteiger partial charge in [-0.3, -0.25) is 0 Å². The largest absolute Gasteiger partial charge is 0.347 e. The highest BCUT2D eigenvalue weighted by Crippen LogP contribution is 2.33. The van der Waals surface area contributed by atoms with Crippen molar-refractivity contribution in [2.45, 2.75) is 32.2 Å². The molecule has 0 aliphatic carbocycles. The number of piperidine rings is 1. The van der Waals surface area contributed by atoms with Crippen LogP contribution in [-0.4, -0.2) is 28.4 Å². The molecule has 0 aromatic heterocycles. The van der Waals surface area contributed by atoms with Crippen LogP contribution >= 0.6 is 23.4 Å². The lowest BCUT2D eigenvalue weighted by Gasteiger charge is -2.30. The van der Waals surface area contributed by atoms with E-state index in [4.69, 9.17) is 16.6 Å². The molecule has 2 aliphatic heterocycles. The molecule has 2 nitrogen and oxygen atoms in total. The number of hydrogen-bond acceptors (Lipinski definition) is 2. The molecule has 18 heavy (non-hydrogen) atoms. The van der Waals surface area contributed by atoms with Crippen molar-refractivity contribution in [3.8, 4) is 0 Å². The van der Waals surface area contributed by atoms with Gasteiger partial charge in [0.15, 0.2) is 5.17 Å². The van der Waals surface area contributed by atoms with E-state index in [0.29, 0.717) is 6.04 Å². The number of fused-ring (bicyclic) bond motifs is 1. The van der Waals surface area contributed by atoms with Crippen molar-refractivity contribution in [1.29, 1.82) is 0 Å². The number of halogens is 1. The number of amidine groups is 1. The zero-order chi connectivity index (χ0) is 12.5. The fourth-order valence-electron chi connectivity index (χ4n) is 2.54. The summed E-state index contributed by atoms with van der Waals surface area (Å²) >= 11 is 8.03. The zero-order valence-corrected chi connectivity index (χ0v) is 12.1. The third-order valence-corrected chi connectivity index (χ3v) is 5.20. The van der Waals surface area contributed by atoms with Gasteiger partial charge >= 0.3 is 0 Å². The molecule has 0 spiro atoms. The van der Waals surface area contributed by atoms with Crippen LogP contribution in [0.15, 0.2) is 23.2 Å². The quantitative estimate of drug-likeness (QED) is 0.765. The van der Waals surface area contributed by atoms with Gasteiger partial charge < -0.3 is 4.90 Å². The van der Waals surface area contributed by atoms with Crippen LogP contribution in [0.3, 0.4) is 0 Å². The van der Waals surface area contributed by atoms with Gasteiger partial charge in [0, 0.05) is 23.4 Å². The van der Waals surface area contributed by atoms with Crippen LogP contribution in [-0.2, 0) is 0 Å². The highest BCUT2D eigenvalue weighted by Gasteiger charge is 2.31. The maximum atomic E-state index is 6.15. The summed E-state index contributed by atoms with van der Waals surface area (Å²) < 4.78 is 0. The lowest BCUT2D eigenvalue weighted by atomic mass is 10.1. The van der Waals surface area contributed by atoms with Gasteiger partial charge in [0.25, 0.3) is 0 Å². The van der Waals surface area contributed by atoms with E-state index in [1.165, 1.54) is 30.2 Å². The molecule has 0 unspecified atom stereocenters. The van der Waals surface area contributed by atoms with Gasteiger partial charge in [-0.2, -0.15) is 0 Å². The van der Waals surface area contributed by atoms with Gasteiger partial charge in [-0.1, -0.05) is 29.4 Å². The SMILES string of the molecule is Cc1ccc(N=C2SC[C@@H]3CCCCN23)cc1Cl. The van der Waals surface area contributed by atoms with Crippen molar-refractivity contribution in [2.75, 3.05) is 12.3 Å². The van der Waals surface area contributed by atoms with Crippen LogP contribution in [0.25, 0.3) is 0 Å². The van der Waals surface area contributed by atoms with Crippen LogP contribution < -0.4 is 0 Å². The Hall–Kier alpha value is -0.670. The second kappa shape index (κ2) is 5.14. The summed E-state index contributed by atoms with van der Waals surface area (Å²) in [6, 6.07) is 6.76. The van der Waals surface area contributed by atoms with Crippen molar-refractivity contribution in [1.82, 2.24) is 4.90 Å². The maximum absolute atomic E-state index is 6.15. The monoisotopic (exact) mass is 280 g/mol. The summed E-state index contributed by atoms with van der Waals surface area (Å²) in [4.78, 5) is 7.24. The number of nitrogens with zero attached hydrogens (tertiary/aromatic N) is 2. The minimum atomic E-state index is 0.712. The van der Waals surface area contributed by atoms with E-state index in [1.807, 2.05) is 36.9 Å². The molecule has 0 N–H and O–H groups in total. The Balaban J connectivity index is 1.85. The Kier molecular flexibility index (Phi) is 3.53. The molecule has 0 saturated carbocycles. The average Bonchev–Trinajstić information content (AvgIpc) is 2.78. The Labute approximate surface area is 117 Å². The van der Waals surface area contributed by atoms with Gasteiger partial charge in [0.05, 0.1) is 5.69 Å². The van der Waals surface area contributed by atoms with Gasteiger partial charge in [-0.15, -0.1) is 0 Å². The summed E-state index contributed by atoms with van der Waals surface area (Å²) in [5.74, 6) is 1.19. The first-order valence-electron chi connectivity index (χ1n) is 6.48. The molecule has 0 amide bonds. The Bertz CT molecular complexity index is 487. The maximum Gasteiger partial charge on any atom is 0.164 e. The standard InChI is InChI=1S/C14H17ClN2S/c1-10-5-6-11(8-13(10)15)16-14-17-7-3-2-4-12(17)9-18-14/h5-6,8,12H,2-4,7,9H2,1H3/t12-/m0/s1. The average molecular weight is 281 g/mol. The molecule has 2 saturated heterocycles. The lowest BCUT2D eigenvalue weighted by molar-refractivity contribution is 0.275. The van der Waals surface area contributed by atoms with E-state index in [0.717, 1.165) is 22.8 Å². The van der Waals surface area contributed by atoms with Crippen molar-refractivity contribution in [3.05, 3.63) is 28.8 Å². The van der Waals surface area contributed by atoms with Gasteiger partial charge in [0.2, 0.25) is 0 Å². The predicted molar refractivity (Wildman–Crippen MR) is 80.1 cm³/mol. The van der Waals surface area contributed by atoms with E-state index >= 15 is 0 Å². The van der Waals surface area contributed by atoms with E-state index < -0.39 is 0 Å². The van der Waals surface area contributed by atoms with Crippen molar-refractivity contribution < 1.29 is 0 Å². The molecule has 2 heterocycles. The van der Waals surface area contributed by atoms with Gasteiger partial charge in [0.1, 0.15) is 0 Å². The number of rotatable bonds is 1. The molecule has 0 bridgehead atoms. The number of thioether (sulfide) groups is 1. The summed E-state index contributed by atoms with van der Waals surface area (Å²) in [7, 11) is 0. The molecule has 2 aliphatic rings. The minimum absolute atomic E-state index is 0.712. The van der Waals surface area contributed by atoms with Crippen molar-refractivity contribution in [2.24, 2.45) is 4.99 Å². The Morgan fingerprint density at radius 1 is 1.39 bits per heavy atom. The molecular formula is C14H17ClN2S. The van der Waals surface area contributed by atoms with Crippen LogP contribution in [0.4, 0.5) is 5.69 Å². The highest BCUT2D eigenvalue weighted by atomic mass is 35.5. The van der Waals surface area contributed by atoms with E-state index in [2.05, 4.69) is 4.90 Å². The fourth-order valence-corrected chi connectivity index (χ4v) is 3.98. The van der Waals surface area contributed by atoms with Crippen LogP contribution in [0, 0.1) is 6.92 Å². The van der Waals surface area contributed by atoms with E-state index in [9.17, 15) is 0 Å². The number of benzene rings is 1. The summed E-state index contributed by atoms with van der Waals surface area (Å²) in [6.45, 7) is 3.18. The number of hydrogen-bond donors (Lipinski definition) is 0. The van der Waals surface area contributed by atoms with E-state index in [-0.39, 0.29) is 0 Å². The normalized spacial score (nSPS) is 25.6.